The third-order valence-electron chi connectivity index (χ3n) is 5.76. The molecule has 166 valence electrons. The Balaban J connectivity index is 1.68. The van der Waals surface area contributed by atoms with E-state index in [1.807, 2.05) is 25.1 Å². The molecule has 8 heteroatoms. The Hall–Kier alpha value is -1.83. The Bertz CT molecular complexity index is 724. The van der Waals surface area contributed by atoms with Crippen molar-refractivity contribution < 1.29 is 14.3 Å². The van der Waals surface area contributed by atoms with Gasteiger partial charge in [-0.3, -0.25) is 14.7 Å². The maximum absolute atomic E-state index is 12.2. The van der Waals surface area contributed by atoms with Crippen molar-refractivity contribution >= 4 is 23.5 Å². The van der Waals surface area contributed by atoms with Crippen molar-refractivity contribution in [1.29, 1.82) is 0 Å². The van der Waals surface area contributed by atoms with Crippen molar-refractivity contribution in [3.8, 4) is 0 Å². The van der Waals surface area contributed by atoms with Crippen LogP contribution in [0.2, 0.25) is 5.02 Å². The van der Waals surface area contributed by atoms with Crippen LogP contribution in [0.4, 0.5) is 0 Å². The SMILES string of the molecule is CCOC(=O)C1CCCN(C(=NC)NCC(c2ccccc2Cl)N2CCOCC2)C1. The van der Waals surface area contributed by atoms with Gasteiger partial charge >= 0.3 is 5.97 Å². The summed E-state index contributed by atoms with van der Waals surface area (Å²) in [6, 6.07) is 8.12. The molecular weight excluding hydrogens is 404 g/mol. The van der Waals surface area contributed by atoms with Crippen molar-refractivity contribution in [2.24, 2.45) is 10.9 Å². The Kier molecular flexibility index (Phi) is 8.78. The maximum Gasteiger partial charge on any atom is 0.310 e. The molecule has 0 aliphatic carbocycles. The molecule has 7 nitrogen and oxygen atoms in total. The van der Waals surface area contributed by atoms with E-state index in [0.29, 0.717) is 19.7 Å². The lowest BCUT2D eigenvalue weighted by Gasteiger charge is -2.37. The Morgan fingerprint density at radius 2 is 2.10 bits per heavy atom. The topological polar surface area (TPSA) is 66.4 Å². The molecule has 0 saturated carbocycles. The van der Waals surface area contributed by atoms with Gasteiger partial charge in [0.1, 0.15) is 0 Å². The van der Waals surface area contributed by atoms with Crippen molar-refractivity contribution in [3.05, 3.63) is 34.9 Å². The highest BCUT2D eigenvalue weighted by molar-refractivity contribution is 6.31. The highest BCUT2D eigenvalue weighted by Crippen LogP contribution is 2.28. The predicted molar refractivity (Wildman–Crippen MR) is 119 cm³/mol. The number of halogens is 1. The number of esters is 1. The predicted octanol–water partition coefficient (Wildman–Crippen LogP) is 2.56. The van der Waals surface area contributed by atoms with Crippen molar-refractivity contribution in [2.45, 2.75) is 25.8 Å². The van der Waals surface area contributed by atoms with Crippen LogP contribution < -0.4 is 5.32 Å². The first-order chi connectivity index (χ1) is 14.6. The minimum absolute atomic E-state index is 0.101. The molecule has 0 aromatic heterocycles. The number of carbonyl (C=O) groups is 1. The minimum Gasteiger partial charge on any atom is -0.466 e. The van der Waals surface area contributed by atoms with Crippen molar-refractivity contribution in [1.82, 2.24) is 15.1 Å². The van der Waals surface area contributed by atoms with Crippen molar-refractivity contribution in [2.75, 3.05) is 59.6 Å². The normalized spacial score (nSPS) is 21.9. The fourth-order valence-corrected chi connectivity index (χ4v) is 4.47. The molecule has 2 aliphatic rings. The monoisotopic (exact) mass is 436 g/mol. The smallest absolute Gasteiger partial charge is 0.310 e. The molecule has 2 aliphatic heterocycles. The molecule has 0 radical (unpaired) electrons. The summed E-state index contributed by atoms with van der Waals surface area (Å²) in [5.74, 6) is 0.602. The number of hydrogen-bond donors (Lipinski definition) is 1. The van der Waals surface area contributed by atoms with Gasteiger partial charge < -0.3 is 19.7 Å². The molecule has 1 aromatic rings. The van der Waals surface area contributed by atoms with E-state index in [2.05, 4.69) is 26.2 Å². The number of morpholine rings is 1. The molecule has 0 bridgehead atoms. The van der Waals surface area contributed by atoms with Crippen LogP contribution in [0.3, 0.4) is 0 Å². The number of hydrogen-bond acceptors (Lipinski definition) is 5. The second kappa shape index (κ2) is 11.5. The average molecular weight is 437 g/mol. The van der Waals surface area contributed by atoms with Crippen LogP contribution in [0, 0.1) is 5.92 Å². The molecule has 1 aromatic carbocycles. The van der Waals surface area contributed by atoms with E-state index in [1.54, 1.807) is 7.05 Å². The second-order valence-corrected chi connectivity index (χ2v) is 8.06. The lowest BCUT2D eigenvalue weighted by molar-refractivity contribution is -0.149. The van der Waals surface area contributed by atoms with Gasteiger partial charge in [0, 0.05) is 44.8 Å². The molecule has 2 atom stereocenters. The van der Waals surface area contributed by atoms with Gasteiger partial charge in [-0.1, -0.05) is 29.8 Å². The lowest BCUT2D eigenvalue weighted by Crippen LogP contribution is -2.51. The molecule has 30 heavy (non-hydrogen) atoms. The number of nitrogens with one attached hydrogen (secondary N) is 1. The Morgan fingerprint density at radius 3 is 2.80 bits per heavy atom. The van der Waals surface area contributed by atoms with Crippen LogP contribution in [-0.2, 0) is 14.3 Å². The molecule has 0 amide bonds. The molecular formula is C22H33ClN4O3. The van der Waals surface area contributed by atoms with Crippen LogP contribution >= 0.6 is 11.6 Å². The van der Waals surface area contributed by atoms with Gasteiger partial charge in [0.15, 0.2) is 5.96 Å². The quantitative estimate of drug-likeness (QED) is 0.420. The van der Waals surface area contributed by atoms with Gasteiger partial charge in [0.05, 0.1) is 31.8 Å². The first kappa shape index (κ1) is 22.8. The van der Waals surface area contributed by atoms with E-state index in [1.165, 1.54) is 0 Å². The van der Waals surface area contributed by atoms with Crippen LogP contribution in [0.1, 0.15) is 31.4 Å². The number of aliphatic imine (C=N–C) groups is 1. The van der Waals surface area contributed by atoms with Gasteiger partial charge in [-0.25, -0.2) is 0 Å². The summed E-state index contributed by atoms with van der Waals surface area (Å²) in [5.41, 5.74) is 1.10. The van der Waals surface area contributed by atoms with E-state index >= 15 is 0 Å². The molecule has 0 spiro atoms. The second-order valence-electron chi connectivity index (χ2n) is 7.65. The zero-order valence-corrected chi connectivity index (χ0v) is 18.7. The average Bonchev–Trinajstić information content (AvgIpc) is 2.78. The fraction of sp³-hybridized carbons (Fsp3) is 0.636. The summed E-state index contributed by atoms with van der Waals surface area (Å²) in [4.78, 5) is 21.3. The molecule has 3 rings (SSSR count). The fourth-order valence-electron chi connectivity index (χ4n) is 4.21. The summed E-state index contributed by atoms with van der Waals surface area (Å²) in [6.07, 6.45) is 1.81. The molecule has 2 fully saturated rings. The highest BCUT2D eigenvalue weighted by Gasteiger charge is 2.30. The first-order valence-electron chi connectivity index (χ1n) is 10.8. The van der Waals surface area contributed by atoms with Crippen LogP contribution in [-0.4, -0.2) is 81.3 Å². The number of rotatable bonds is 6. The standard InChI is InChI=1S/C22H33ClN4O3/c1-3-30-21(28)17-7-6-10-27(16-17)22(24-2)25-15-20(26-11-13-29-14-12-26)18-8-4-5-9-19(18)23/h4-5,8-9,17,20H,3,6-7,10-16H2,1-2H3,(H,24,25). The molecule has 2 unspecified atom stereocenters. The van der Waals surface area contributed by atoms with E-state index in [9.17, 15) is 4.79 Å². The number of guanidine groups is 1. The van der Waals surface area contributed by atoms with Gasteiger partial charge in [0.2, 0.25) is 0 Å². The number of carbonyl (C=O) groups excluding carboxylic acids is 1. The number of piperidine rings is 1. The van der Waals surface area contributed by atoms with Crippen LogP contribution in [0.15, 0.2) is 29.3 Å². The zero-order valence-electron chi connectivity index (χ0n) is 18.0. The summed E-state index contributed by atoms with van der Waals surface area (Å²) < 4.78 is 10.8. The lowest BCUT2D eigenvalue weighted by atomic mass is 9.98. The highest BCUT2D eigenvalue weighted by atomic mass is 35.5. The summed E-state index contributed by atoms with van der Waals surface area (Å²) >= 11 is 6.54. The van der Waals surface area contributed by atoms with E-state index in [-0.39, 0.29) is 17.9 Å². The molecule has 2 heterocycles. The number of benzene rings is 1. The minimum atomic E-state index is -0.111. The van der Waals surface area contributed by atoms with Crippen LogP contribution in [0.5, 0.6) is 0 Å². The number of ether oxygens (including phenoxy) is 2. The van der Waals surface area contributed by atoms with E-state index < -0.39 is 0 Å². The van der Waals surface area contributed by atoms with E-state index in [4.69, 9.17) is 21.1 Å². The van der Waals surface area contributed by atoms with Crippen molar-refractivity contribution in [3.63, 3.8) is 0 Å². The molecule has 1 N–H and O–H groups in total. The maximum atomic E-state index is 12.2. The zero-order chi connectivity index (χ0) is 21.3. The van der Waals surface area contributed by atoms with E-state index in [0.717, 1.165) is 62.2 Å². The number of likely N-dealkylation sites (tertiary alicyclic amines) is 1. The largest absolute Gasteiger partial charge is 0.466 e. The molecule has 2 saturated heterocycles. The third kappa shape index (κ3) is 5.86. The Morgan fingerprint density at radius 1 is 1.33 bits per heavy atom. The third-order valence-corrected chi connectivity index (χ3v) is 6.10. The summed E-state index contributed by atoms with van der Waals surface area (Å²) in [5, 5.41) is 4.31. The van der Waals surface area contributed by atoms with Gasteiger partial charge in [-0.15, -0.1) is 0 Å². The van der Waals surface area contributed by atoms with Gasteiger partial charge in [-0.05, 0) is 31.4 Å². The summed E-state index contributed by atoms with van der Waals surface area (Å²) in [6.45, 7) is 7.64. The summed E-state index contributed by atoms with van der Waals surface area (Å²) in [7, 11) is 1.79. The van der Waals surface area contributed by atoms with Crippen LogP contribution in [0.25, 0.3) is 0 Å². The van der Waals surface area contributed by atoms with Gasteiger partial charge in [-0.2, -0.15) is 0 Å². The first-order valence-corrected chi connectivity index (χ1v) is 11.2. The Labute approximate surface area is 184 Å². The number of nitrogens with zero attached hydrogens (tertiary/aromatic N) is 3. The van der Waals surface area contributed by atoms with Gasteiger partial charge in [0.25, 0.3) is 0 Å².